The number of halogens is 1. The average Bonchev–Trinajstić information content (AvgIpc) is 3.07. The second kappa shape index (κ2) is 4.59. The van der Waals surface area contributed by atoms with Crippen LogP contribution in [0.2, 0.25) is 5.02 Å². The molecule has 3 rings (SSSR count). The maximum absolute atomic E-state index is 5.91. The van der Waals surface area contributed by atoms with Gasteiger partial charge in [0.2, 0.25) is 5.11 Å². The van der Waals surface area contributed by atoms with Gasteiger partial charge >= 0.3 is 0 Å². The SMILES string of the molecule is CCN1C(=S)N=NC1C1CC1c1ccc(Cl)cc1. The van der Waals surface area contributed by atoms with Crippen molar-refractivity contribution in [2.75, 3.05) is 6.54 Å². The molecule has 0 radical (unpaired) electrons. The van der Waals surface area contributed by atoms with Gasteiger partial charge in [-0.2, -0.15) is 5.11 Å². The molecule has 1 aromatic rings. The topological polar surface area (TPSA) is 28.0 Å². The fourth-order valence-corrected chi connectivity index (χ4v) is 3.03. The first-order valence-electron chi connectivity index (χ1n) is 6.17. The van der Waals surface area contributed by atoms with Crippen LogP contribution in [0.15, 0.2) is 34.5 Å². The van der Waals surface area contributed by atoms with Gasteiger partial charge in [-0.1, -0.05) is 23.7 Å². The molecular formula is C13H14ClN3S. The second-order valence-electron chi connectivity index (χ2n) is 4.76. The third kappa shape index (κ3) is 2.04. The standard InChI is InChI=1S/C13H14ClN3S/c1-2-17-12(15-16-13(17)18)11-7-10(11)8-3-5-9(14)6-4-8/h3-6,10-12H,2,7H2,1H3. The Morgan fingerprint density at radius 2 is 2.11 bits per heavy atom. The van der Waals surface area contributed by atoms with Gasteiger partial charge in [0.15, 0.2) is 0 Å². The highest BCUT2D eigenvalue weighted by Gasteiger charge is 2.48. The Hall–Kier alpha value is -1.00. The first-order valence-corrected chi connectivity index (χ1v) is 6.96. The zero-order valence-corrected chi connectivity index (χ0v) is 11.7. The van der Waals surface area contributed by atoms with E-state index >= 15 is 0 Å². The summed E-state index contributed by atoms with van der Waals surface area (Å²) in [6.45, 7) is 2.97. The quantitative estimate of drug-likeness (QED) is 0.786. The first-order chi connectivity index (χ1) is 8.70. The lowest BCUT2D eigenvalue weighted by Gasteiger charge is -2.21. The van der Waals surface area contributed by atoms with Crippen LogP contribution >= 0.6 is 23.8 Å². The smallest absolute Gasteiger partial charge is 0.217 e. The van der Waals surface area contributed by atoms with E-state index in [4.69, 9.17) is 23.8 Å². The van der Waals surface area contributed by atoms with Crippen LogP contribution in [0, 0.1) is 5.92 Å². The van der Waals surface area contributed by atoms with E-state index < -0.39 is 0 Å². The summed E-state index contributed by atoms with van der Waals surface area (Å²) in [5, 5.41) is 9.76. The van der Waals surface area contributed by atoms with Crippen molar-refractivity contribution >= 4 is 28.9 Å². The minimum atomic E-state index is 0.142. The Morgan fingerprint density at radius 3 is 2.78 bits per heavy atom. The average molecular weight is 280 g/mol. The second-order valence-corrected chi connectivity index (χ2v) is 5.56. The molecule has 0 bridgehead atoms. The van der Waals surface area contributed by atoms with Crippen LogP contribution in [0.25, 0.3) is 0 Å². The molecule has 3 unspecified atom stereocenters. The van der Waals surface area contributed by atoms with E-state index in [1.165, 1.54) is 5.56 Å². The van der Waals surface area contributed by atoms with Crippen LogP contribution in [0.1, 0.15) is 24.8 Å². The van der Waals surface area contributed by atoms with Crippen molar-refractivity contribution in [2.45, 2.75) is 25.4 Å². The van der Waals surface area contributed by atoms with Crippen molar-refractivity contribution in [3.05, 3.63) is 34.9 Å². The van der Waals surface area contributed by atoms with Gasteiger partial charge in [0.25, 0.3) is 0 Å². The van der Waals surface area contributed by atoms with Crippen LogP contribution < -0.4 is 0 Å². The summed E-state index contributed by atoms with van der Waals surface area (Å²) in [7, 11) is 0. The van der Waals surface area contributed by atoms with Gasteiger partial charge in [0, 0.05) is 17.5 Å². The molecule has 0 amide bonds. The van der Waals surface area contributed by atoms with E-state index in [2.05, 4.69) is 34.2 Å². The van der Waals surface area contributed by atoms with E-state index in [-0.39, 0.29) is 6.17 Å². The third-order valence-electron chi connectivity index (χ3n) is 3.69. The van der Waals surface area contributed by atoms with E-state index in [0.29, 0.717) is 16.9 Å². The summed E-state index contributed by atoms with van der Waals surface area (Å²) in [6.07, 6.45) is 1.30. The predicted molar refractivity (Wildman–Crippen MR) is 75.9 cm³/mol. The normalized spacial score (nSPS) is 30.0. The van der Waals surface area contributed by atoms with Crippen molar-refractivity contribution in [1.29, 1.82) is 0 Å². The van der Waals surface area contributed by atoms with Crippen LogP contribution in [0.3, 0.4) is 0 Å². The van der Waals surface area contributed by atoms with Crippen LogP contribution in [0.4, 0.5) is 0 Å². The molecule has 0 saturated heterocycles. The Balaban J connectivity index is 1.73. The van der Waals surface area contributed by atoms with E-state index in [9.17, 15) is 0 Å². The molecule has 1 aliphatic carbocycles. The Labute approximate surface area is 117 Å². The van der Waals surface area contributed by atoms with E-state index in [1.54, 1.807) is 0 Å². The Kier molecular flexibility index (Phi) is 3.08. The van der Waals surface area contributed by atoms with Gasteiger partial charge < -0.3 is 4.90 Å². The van der Waals surface area contributed by atoms with E-state index in [1.807, 2.05) is 12.1 Å². The molecular weight excluding hydrogens is 266 g/mol. The maximum Gasteiger partial charge on any atom is 0.217 e. The minimum Gasteiger partial charge on any atom is -0.322 e. The van der Waals surface area contributed by atoms with E-state index in [0.717, 1.165) is 18.0 Å². The molecule has 3 atom stereocenters. The molecule has 3 nitrogen and oxygen atoms in total. The first kappa shape index (κ1) is 12.1. The fraction of sp³-hybridized carbons (Fsp3) is 0.462. The molecule has 0 N–H and O–H groups in total. The highest BCUT2D eigenvalue weighted by Crippen LogP contribution is 2.52. The van der Waals surface area contributed by atoms with Gasteiger partial charge in [0.05, 0.1) is 0 Å². The van der Waals surface area contributed by atoms with Crippen LogP contribution in [-0.2, 0) is 0 Å². The number of hydrogen-bond donors (Lipinski definition) is 0. The van der Waals surface area contributed by atoms with Crippen molar-refractivity contribution in [3.8, 4) is 0 Å². The highest BCUT2D eigenvalue weighted by molar-refractivity contribution is 7.80. The minimum absolute atomic E-state index is 0.142. The van der Waals surface area contributed by atoms with Crippen molar-refractivity contribution in [1.82, 2.24) is 4.90 Å². The molecule has 94 valence electrons. The van der Waals surface area contributed by atoms with Crippen molar-refractivity contribution < 1.29 is 0 Å². The molecule has 2 aliphatic rings. The van der Waals surface area contributed by atoms with Gasteiger partial charge in [-0.25, -0.2) is 0 Å². The molecule has 18 heavy (non-hydrogen) atoms. The third-order valence-corrected chi connectivity index (χ3v) is 4.26. The molecule has 1 aromatic carbocycles. The van der Waals surface area contributed by atoms with Crippen LogP contribution in [0.5, 0.6) is 0 Å². The number of rotatable bonds is 3. The summed E-state index contributed by atoms with van der Waals surface area (Å²) in [4.78, 5) is 2.11. The zero-order chi connectivity index (χ0) is 12.7. The highest BCUT2D eigenvalue weighted by atomic mass is 35.5. The number of azo groups is 1. The lowest BCUT2D eigenvalue weighted by molar-refractivity contribution is 0.318. The summed E-state index contributed by atoms with van der Waals surface area (Å²) in [6, 6.07) is 8.11. The van der Waals surface area contributed by atoms with Gasteiger partial charge in [-0.05, 0) is 49.2 Å². The molecule has 1 fully saturated rings. The summed E-state index contributed by atoms with van der Waals surface area (Å²) >= 11 is 11.1. The molecule has 0 spiro atoms. The molecule has 1 heterocycles. The monoisotopic (exact) mass is 279 g/mol. The number of thiocarbonyl (C=S) groups is 1. The lowest BCUT2D eigenvalue weighted by atomic mass is 10.1. The summed E-state index contributed by atoms with van der Waals surface area (Å²) in [5.41, 5.74) is 1.34. The fourth-order valence-electron chi connectivity index (χ4n) is 2.62. The summed E-state index contributed by atoms with van der Waals surface area (Å²) in [5.74, 6) is 1.11. The van der Waals surface area contributed by atoms with Gasteiger partial charge in [-0.3, -0.25) is 0 Å². The predicted octanol–water partition coefficient (Wildman–Crippen LogP) is 3.84. The summed E-state index contributed by atoms with van der Waals surface area (Å²) < 4.78 is 0. The zero-order valence-electron chi connectivity index (χ0n) is 10.1. The largest absolute Gasteiger partial charge is 0.322 e. The lowest BCUT2D eigenvalue weighted by Crippen LogP contribution is -2.34. The molecule has 5 heteroatoms. The number of benzene rings is 1. The maximum atomic E-state index is 5.91. The van der Waals surface area contributed by atoms with Gasteiger partial charge in [0.1, 0.15) is 6.17 Å². The van der Waals surface area contributed by atoms with Gasteiger partial charge in [-0.15, -0.1) is 5.11 Å². The number of nitrogens with zero attached hydrogens (tertiary/aromatic N) is 3. The Morgan fingerprint density at radius 1 is 1.39 bits per heavy atom. The molecule has 1 aliphatic heterocycles. The van der Waals surface area contributed by atoms with Crippen LogP contribution in [-0.4, -0.2) is 22.7 Å². The molecule has 0 aromatic heterocycles. The Bertz CT molecular complexity index is 499. The van der Waals surface area contributed by atoms with Crippen molar-refractivity contribution in [3.63, 3.8) is 0 Å². The molecule has 1 saturated carbocycles. The van der Waals surface area contributed by atoms with Crippen molar-refractivity contribution in [2.24, 2.45) is 16.1 Å². The number of hydrogen-bond acceptors (Lipinski definition) is 2.